The summed E-state index contributed by atoms with van der Waals surface area (Å²) in [7, 11) is 0. The van der Waals surface area contributed by atoms with Gasteiger partial charge in [0.25, 0.3) is 0 Å². The molecule has 1 unspecified atom stereocenters. The lowest BCUT2D eigenvalue weighted by Gasteiger charge is -2.27. The number of carbonyl (C=O) groups is 1. The van der Waals surface area contributed by atoms with E-state index in [4.69, 9.17) is 5.11 Å². The van der Waals surface area contributed by atoms with Crippen LogP contribution in [-0.4, -0.2) is 17.5 Å². The fourth-order valence-electron chi connectivity index (χ4n) is 2.66. The second-order valence-electron chi connectivity index (χ2n) is 6.12. The van der Waals surface area contributed by atoms with Gasteiger partial charge in [0.05, 0.1) is 0 Å². The topological polar surface area (TPSA) is 37.3 Å². The third-order valence-electron chi connectivity index (χ3n) is 4.23. The highest BCUT2D eigenvalue weighted by atomic mass is 16.3. The molecular weight excluding hydrogens is 236 g/mol. The summed E-state index contributed by atoms with van der Waals surface area (Å²) in [5.41, 5.74) is -0.283. The first-order valence-electron chi connectivity index (χ1n) is 8.25. The molecule has 1 N–H and O–H groups in total. The van der Waals surface area contributed by atoms with Crippen molar-refractivity contribution >= 4 is 5.78 Å². The van der Waals surface area contributed by atoms with Crippen molar-refractivity contribution in [2.75, 3.05) is 6.61 Å². The van der Waals surface area contributed by atoms with Gasteiger partial charge in [-0.1, -0.05) is 78.6 Å². The average Bonchev–Trinajstić information content (AvgIpc) is 2.42. The van der Waals surface area contributed by atoms with E-state index in [0.29, 0.717) is 0 Å². The van der Waals surface area contributed by atoms with E-state index >= 15 is 0 Å². The number of Topliss-reactive ketones (excluding diaryl/α,β-unsaturated/α-hetero) is 1. The maximum atomic E-state index is 12.0. The highest BCUT2D eigenvalue weighted by Gasteiger charge is 2.30. The smallest absolute Gasteiger partial charge is 0.164 e. The summed E-state index contributed by atoms with van der Waals surface area (Å²) < 4.78 is 0. The lowest BCUT2D eigenvalue weighted by Crippen LogP contribution is -2.30. The molecule has 0 aromatic rings. The molecule has 114 valence electrons. The molecule has 0 saturated heterocycles. The molecule has 0 amide bonds. The number of hydrogen-bond acceptors (Lipinski definition) is 2. The van der Waals surface area contributed by atoms with E-state index in [9.17, 15) is 4.79 Å². The summed E-state index contributed by atoms with van der Waals surface area (Å²) in [6.07, 6.45) is 12.9. The number of hydrogen-bond donors (Lipinski definition) is 1. The van der Waals surface area contributed by atoms with Crippen LogP contribution in [0.1, 0.15) is 91.4 Å². The minimum Gasteiger partial charge on any atom is -0.389 e. The molecule has 0 bridgehead atoms. The van der Waals surface area contributed by atoms with Gasteiger partial charge in [-0.15, -0.1) is 0 Å². The van der Waals surface area contributed by atoms with Crippen LogP contribution in [-0.2, 0) is 4.79 Å². The summed E-state index contributed by atoms with van der Waals surface area (Å²) in [5.74, 6) is 0.0412. The first kappa shape index (κ1) is 18.6. The maximum absolute atomic E-state index is 12.0. The zero-order valence-corrected chi connectivity index (χ0v) is 13.3. The van der Waals surface area contributed by atoms with E-state index in [1.165, 1.54) is 44.9 Å². The van der Waals surface area contributed by atoms with E-state index in [0.717, 1.165) is 25.7 Å². The van der Waals surface area contributed by atoms with E-state index < -0.39 is 0 Å². The van der Waals surface area contributed by atoms with Crippen molar-refractivity contribution < 1.29 is 9.90 Å². The molecule has 2 nitrogen and oxygen atoms in total. The summed E-state index contributed by atoms with van der Waals surface area (Å²) in [6, 6.07) is 0. The zero-order chi connectivity index (χ0) is 14.6. The van der Waals surface area contributed by atoms with Gasteiger partial charge >= 0.3 is 0 Å². The SMILES string of the molecule is CCCCCCCC(C)(CCCCCC)C(=O)CO. The minimum atomic E-state index is -0.292. The van der Waals surface area contributed by atoms with E-state index in [1.807, 2.05) is 0 Å². The highest BCUT2D eigenvalue weighted by Crippen LogP contribution is 2.32. The second kappa shape index (κ2) is 11.5. The first-order chi connectivity index (χ1) is 9.10. The van der Waals surface area contributed by atoms with Crippen LogP contribution in [0.2, 0.25) is 0 Å². The van der Waals surface area contributed by atoms with Crippen LogP contribution < -0.4 is 0 Å². The monoisotopic (exact) mass is 270 g/mol. The molecule has 0 fully saturated rings. The molecule has 0 spiro atoms. The van der Waals surface area contributed by atoms with Gasteiger partial charge in [-0.05, 0) is 12.8 Å². The molecule has 0 aromatic carbocycles. The minimum absolute atomic E-state index is 0.0412. The average molecular weight is 270 g/mol. The van der Waals surface area contributed by atoms with E-state index in [-0.39, 0.29) is 17.8 Å². The molecule has 1 atom stereocenters. The Kier molecular flexibility index (Phi) is 11.2. The van der Waals surface area contributed by atoms with Crippen LogP contribution >= 0.6 is 0 Å². The lowest BCUT2D eigenvalue weighted by atomic mass is 9.76. The van der Waals surface area contributed by atoms with Gasteiger partial charge in [-0.3, -0.25) is 4.79 Å². The van der Waals surface area contributed by atoms with Crippen molar-refractivity contribution in [3.8, 4) is 0 Å². The fourth-order valence-corrected chi connectivity index (χ4v) is 2.66. The number of ketones is 1. The Bertz CT molecular complexity index is 225. The largest absolute Gasteiger partial charge is 0.389 e. The van der Waals surface area contributed by atoms with E-state index in [1.54, 1.807) is 0 Å². The van der Waals surface area contributed by atoms with Gasteiger partial charge in [-0.2, -0.15) is 0 Å². The Morgan fingerprint density at radius 2 is 1.26 bits per heavy atom. The van der Waals surface area contributed by atoms with Crippen molar-refractivity contribution in [1.29, 1.82) is 0 Å². The third kappa shape index (κ3) is 8.41. The molecule has 0 aromatic heterocycles. The number of carbonyl (C=O) groups excluding carboxylic acids is 1. The molecule has 0 saturated carbocycles. The molecule has 0 radical (unpaired) electrons. The molecule has 2 heteroatoms. The molecule has 0 aliphatic heterocycles. The molecule has 0 aliphatic rings. The van der Waals surface area contributed by atoms with Crippen molar-refractivity contribution in [3.05, 3.63) is 0 Å². The number of rotatable bonds is 13. The second-order valence-corrected chi connectivity index (χ2v) is 6.12. The Balaban J connectivity index is 4.08. The van der Waals surface area contributed by atoms with Crippen molar-refractivity contribution in [2.45, 2.75) is 91.4 Å². The van der Waals surface area contributed by atoms with E-state index in [2.05, 4.69) is 20.8 Å². The summed E-state index contributed by atoms with van der Waals surface area (Å²) in [5, 5.41) is 9.16. The predicted octanol–water partition coefficient (Wildman–Crippen LogP) is 4.89. The first-order valence-corrected chi connectivity index (χ1v) is 8.25. The van der Waals surface area contributed by atoms with Gasteiger partial charge in [0, 0.05) is 5.41 Å². The number of aliphatic hydroxyl groups excluding tert-OH is 1. The lowest BCUT2D eigenvalue weighted by molar-refractivity contribution is -0.131. The Morgan fingerprint density at radius 1 is 0.842 bits per heavy atom. The predicted molar refractivity (Wildman–Crippen MR) is 82.3 cm³/mol. The van der Waals surface area contributed by atoms with Crippen LogP contribution in [0.15, 0.2) is 0 Å². The van der Waals surface area contributed by atoms with Crippen LogP contribution in [0.4, 0.5) is 0 Å². The molecule has 0 rings (SSSR count). The van der Waals surface area contributed by atoms with Gasteiger partial charge in [0.15, 0.2) is 5.78 Å². The third-order valence-corrected chi connectivity index (χ3v) is 4.23. The summed E-state index contributed by atoms with van der Waals surface area (Å²) in [4.78, 5) is 12.0. The van der Waals surface area contributed by atoms with Gasteiger partial charge in [0.2, 0.25) is 0 Å². The zero-order valence-electron chi connectivity index (χ0n) is 13.3. The summed E-state index contributed by atoms with van der Waals surface area (Å²) in [6.45, 7) is 6.18. The quantitative estimate of drug-likeness (QED) is 0.484. The summed E-state index contributed by atoms with van der Waals surface area (Å²) >= 11 is 0. The standard InChI is InChI=1S/C17H34O2/c1-4-6-8-10-12-14-17(3,16(19)15-18)13-11-9-7-5-2/h18H,4-15H2,1-3H3. The normalized spacial score (nSPS) is 14.3. The molecular formula is C17H34O2. The highest BCUT2D eigenvalue weighted by molar-refractivity contribution is 5.85. The number of aliphatic hydroxyl groups is 1. The van der Waals surface area contributed by atoms with Crippen LogP contribution in [0, 0.1) is 5.41 Å². The van der Waals surface area contributed by atoms with Crippen molar-refractivity contribution in [3.63, 3.8) is 0 Å². The van der Waals surface area contributed by atoms with Crippen LogP contribution in [0.5, 0.6) is 0 Å². The number of unbranched alkanes of at least 4 members (excludes halogenated alkanes) is 7. The van der Waals surface area contributed by atoms with Gasteiger partial charge in [-0.25, -0.2) is 0 Å². The van der Waals surface area contributed by atoms with Crippen LogP contribution in [0.25, 0.3) is 0 Å². The Hall–Kier alpha value is -0.370. The fraction of sp³-hybridized carbons (Fsp3) is 0.941. The van der Waals surface area contributed by atoms with Gasteiger partial charge in [0.1, 0.15) is 6.61 Å². The Labute approximate surface area is 120 Å². The van der Waals surface area contributed by atoms with Crippen molar-refractivity contribution in [2.24, 2.45) is 5.41 Å². The molecule has 19 heavy (non-hydrogen) atoms. The maximum Gasteiger partial charge on any atom is 0.164 e. The Morgan fingerprint density at radius 3 is 1.68 bits per heavy atom. The molecule has 0 aliphatic carbocycles. The molecule has 0 heterocycles. The van der Waals surface area contributed by atoms with Crippen LogP contribution in [0.3, 0.4) is 0 Å². The van der Waals surface area contributed by atoms with Gasteiger partial charge < -0.3 is 5.11 Å². The van der Waals surface area contributed by atoms with Crippen molar-refractivity contribution in [1.82, 2.24) is 0 Å².